The van der Waals surface area contributed by atoms with Gasteiger partial charge < -0.3 is 9.84 Å². The monoisotopic (exact) mass is 344 g/mol. The molecule has 0 spiro atoms. The zero-order chi connectivity index (χ0) is 18.1. The van der Waals surface area contributed by atoms with E-state index in [1.54, 1.807) is 32.1 Å². The molecule has 1 aromatic rings. The largest absolute Gasteiger partial charge is 0.393 e. The number of benzene rings is 1. The number of carbonyl (C=O) groups is 2. The quantitative estimate of drug-likeness (QED) is 0.380. The third-order valence-corrected chi connectivity index (χ3v) is 5.37. The summed E-state index contributed by atoms with van der Waals surface area (Å²) >= 11 is 0. The van der Waals surface area contributed by atoms with Crippen LogP contribution in [0.4, 0.5) is 11.4 Å². The number of carbonyl (C=O) groups excluding carboxylic acids is 2. The third-order valence-electron chi connectivity index (χ3n) is 5.37. The number of hydrogen-bond donors (Lipinski definition) is 1. The SMILES string of the molecule is Cc1ccc(N2C(=O)[C@@H]3[C@H](C2=O)[C@@]2(CO)C=C[C@@]3(C)O2)c([N+](=O)[O-])c1. The summed E-state index contributed by atoms with van der Waals surface area (Å²) in [7, 11) is 0. The maximum Gasteiger partial charge on any atom is 0.293 e. The van der Waals surface area contributed by atoms with Gasteiger partial charge in [-0.1, -0.05) is 18.2 Å². The summed E-state index contributed by atoms with van der Waals surface area (Å²) in [6.45, 7) is 2.94. The van der Waals surface area contributed by atoms with Gasteiger partial charge in [-0.3, -0.25) is 19.7 Å². The molecule has 1 N–H and O–H groups in total. The highest BCUT2D eigenvalue weighted by molar-refractivity contribution is 6.24. The molecule has 3 aliphatic rings. The highest BCUT2D eigenvalue weighted by Gasteiger charge is 2.72. The van der Waals surface area contributed by atoms with Crippen molar-refractivity contribution >= 4 is 23.2 Å². The molecule has 3 heterocycles. The molecule has 1 aromatic carbocycles. The molecule has 25 heavy (non-hydrogen) atoms. The van der Waals surface area contributed by atoms with Crippen LogP contribution in [0.25, 0.3) is 0 Å². The Kier molecular flexibility index (Phi) is 3.02. The number of ether oxygens (including phenoxy) is 1. The van der Waals surface area contributed by atoms with Crippen molar-refractivity contribution in [3.05, 3.63) is 46.0 Å². The van der Waals surface area contributed by atoms with Crippen molar-refractivity contribution in [2.45, 2.75) is 25.0 Å². The summed E-state index contributed by atoms with van der Waals surface area (Å²) in [4.78, 5) is 37.7. The van der Waals surface area contributed by atoms with Gasteiger partial charge in [0.05, 0.1) is 29.0 Å². The molecule has 0 saturated carbocycles. The Hall–Kier alpha value is -2.58. The minimum Gasteiger partial charge on any atom is -0.393 e. The average Bonchev–Trinajstić information content (AvgIpc) is 3.14. The zero-order valence-corrected chi connectivity index (χ0v) is 13.6. The standard InChI is InChI=1S/C17H16N2O6/c1-9-3-4-10(11(7-9)19(23)24)18-14(21)12-13(15(18)22)17(8-20)6-5-16(12,2)25-17/h3-7,12-13,20H,8H2,1-2H3/t12-,13+,16+,17-/m0/s1. The summed E-state index contributed by atoms with van der Waals surface area (Å²) in [5.74, 6) is -2.81. The van der Waals surface area contributed by atoms with Crippen LogP contribution in [0.15, 0.2) is 30.4 Å². The maximum absolute atomic E-state index is 13.0. The minimum atomic E-state index is -1.25. The van der Waals surface area contributed by atoms with E-state index in [1.165, 1.54) is 12.1 Å². The van der Waals surface area contributed by atoms with E-state index in [-0.39, 0.29) is 11.4 Å². The lowest BCUT2D eigenvalue weighted by Gasteiger charge is -2.26. The minimum absolute atomic E-state index is 0.0453. The van der Waals surface area contributed by atoms with Crippen LogP contribution in [0.5, 0.6) is 0 Å². The second kappa shape index (κ2) is 4.74. The molecule has 4 atom stereocenters. The Morgan fingerprint density at radius 1 is 1.28 bits per heavy atom. The molecule has 0 aliphatic carbocycles. The highest BCUT2D eigenvalue weighted by atomic mass is 16.6. The lowest BCUT2D eigenvalue weighted by molar-refractivity contribution is -0.384. The van der Waals surface area contributed by atoms with Crippen molar-refractivity contribution in [3.63, 3.8) is 0 Å². The summed E-state index contributed by atoms with van der Waals surface area (Å²) in [6, 6.07) is 4.36. The Bertz CT molecular complexity index is 865. The topological polar surface area (TPSA) is 110 Å². The van der Waals surface area contributed by atoms with Crippen molar-refractivity contribution in [2.24, 2.45) is 11.8 Å². The molecule has 130 valence electrons. The van der Waals surface area contributed by atoms with E-state index in [1.807, 2.05) is 0 Å². The number of fused-ring (bicyclic) bond motifs is 5. The second-order valence-electron chi connectivity index (χ2n) is 6.95. The van der Waals surface area contributed by atoms with Gasteiger partial charge in [-0.25, -0.2) is 4.90 Å². The van der Waals surface area contributed by atoms with Gasteiger partial charge in [-0.05, 0) is 25.5 Å². The number of amides is 2. The van der Waals surface area contributed by atoms with Crippen LogP contribution in [0.2, 0.25) is 0 Å². The van der Waals surface area contributed by atoms with Crippen molar-refractivity contribution in [1.82, 2.24) is 0 Å². The van der Waals surface area contributed by atoms with Gasteiger partial charge in [0.25, 0.3) is 5.69 Å². The Morgan fingerprint density at radius 3 is 2.60 bits per heavy atom. The fourth-order valence-corrected chi connectivity index (χ4v) is 4.25. The van der Waals surface area contributed by atoms with Crippen molar-refractivity contribution in [3.8, 4) is 0 Å². The Morgan fingerprint density at radius 2 is 1.96 bits per heavy atom. The first kappa shape index (κ1) is 15.9. The number of aliphatic hydroxyl groups is 1. The van der Waals surface area contributed by atoms with E-state index in [0.717, 1.165) is 4.90 Å². The van der Waals surface area contributed by atoms with E-state index in [9.17, 15) is 24.8 Å². The van der Waals surface area contributed by atoms with Crippen molar-refractivity contribution in [1.29, 1.82) is 0 Å². The summed E-state index contributed by atoms with van der Waals surface area (Å²) < 4.78 is 5.82. The number of nitro benzene ring substituents is 1. The van der Waals surface area contributed by atoms with Crippen LogP contribution in [0.1, 0.15) is 12.5 Å². The normalized spacial score (nSPS) is 35.6. The molecule has 3 aliphatic heterocycles. The van der Waals surface area contributed by atoms with Crippen molar-refractivity contribution in [2.75, 3.05) is 11.5 Å². The van der Waals surface area contributed by atoms with Crippen LogP contribution in [-0.2, 0) is 14.3 Å². The molecule has 8 nitrogen and oxygen atoms in total. The first-order valence-corrected chi connectivity index (χ1v) is 7.88. The highest BCUT2D eigenvalue weighted by Crippen LogP contribution is 2.57. The molecule has 0 radical (unpaired) electrons. The van der Waals surface area contributed by atoms with Gasteiger partial charge in [0, 0.05) is 6.07 Å². The molecule has 4 rings (SSSR count). The molecule has 8 heteroatoms. The van der Waals surface area contributed by atoms with Crippen LogP contribution in [0, 0.1) is 28.9 Å². The molecule has 0 unspecified atom stereocenters. The number of imide groups is 1. The number of hydrogen-bond acceptors (Lipinski definition) is 6. The summed E-state index contributed by atoms with van der Waals surface area (Å²) in [5, 5.41) is 21.2. The molecule has 0 aromatic heterocycles. The lowest BCUT2D eigenvalue weighted by Crippen LogP contribution is -2.43. The van der Waals surface area contributed by atoms with E-state index in [2.05, 4.69) is 0 Å². The van der Waals surface area contributed by atoms with E-state index in [4.69, 9.17) is 4.74 Å². The fraction of sp³-hybridized carbons (Fsp3) is 0.412. The van der Waals surface area contributed by atoms with Gasteiger partial charge in [0.15, 0.2) is 0 Å². The van der Waals surface area contributed by atoms with E-state index < -0.39 is 46.4 Å². The Labute approximate surface area is 142 Å². The fourth-order valence-electron chi connectivity index (χ4n) is 4.25. The number of anilines is 1. The average molecular weight is 344 g/mol. The predicted octanol–water partition coefficient (Wildman–Crippen LogP) is 1.10. The van der Waals surface area contributed by atoms with E-state index >= 15 is 0 Å². The molecule has 2 amide bonds. The van der Waals surface area contributed by atoms with Crippen molar-refractivity contribution < 1.29 is 24.4 Å². The second-order valence-corrected chi connectivity index (χ2v) is 6.95. The smallest absolute Gasteiger partial charge is 0.293 e. The van der Waals surface area contributed by atoms with Crippen LogP contribution < -0.4 is 4.90 Å². The summed E-state index contributed by atoms with van der Waals surface area (Å²) in [5.41, 5.74) is -1.95. The number of nitrogens with zero attached hydrogens (tertiary/aromatic N) is 2. The van der Waals surface area contributed by atoms with Gasteiger partial charge in [0.2, 0.25) is 11.8 Å². The molecule has 2 saturated heterocycles. The number of aliphatic hydroxyl groups excluding tert-OH is 1. The van der Waals surface area contributed by atoms with Gasteiger partial charge in [-0.2, -0.15) is 0 Å². The van der Waals surface area contributed by atoms with Gasteiger partial charge >= 0.3 is 0 Å². The molecule has 2 fully saturated rings. The molecular weight excluding hydrogens is 328 g/mol. The van der Waals surface area contributed by atoms with Gasteiger partial charge in [0.1, 0.15) is 11.3 Å². The zero-order valence-electron chi connectivity index (χ0n) is 13.6. The number of aryl methyl sites for hydroxylation is 1. The van der Waals surface area contributed by atoms with Crippen LogP contribution in [0.3, 0.4) is 0 Å². The van der Waals surface area contributed by atoms with Gasteiger partial charge in [-0.15, -0.1) is 0 Å². The third kappa shape index (κ3) is 1.83. The van der Waals surface area contributed by atoms with Crippen LogP contribution in [-0.4, -0.2) is 39.7 Å². The van der Waals surface area contributed by atoms with Crippen LogP contribution >= 0.6 is 0 Å². The summed E-state index contributed by atoms with van der Waals surface area (Å²) in [6.07, 6.45) is 3.30. The first-order valence-electron chi connectivity index (χ1n) is 7.88. The molecular formula is C17H16N2O6. The lowest BCUT2D eigenvalue weighted by atomic mass is 9.73. The molecule has 2 bridgehead atoms. The van der Waals surface area contributed by atoms with E-state index in [0.29, 0.717) is 5.56 Å². The number of rotatable bonds is 3. The first-order chi connectivity index (χ1) is 11.7. The number of nitro groups is 1. The Balaban J connectivity index is 1.85. The predicted molar refractivity (Wildman–Crippen MR) is 85.8 cm³/mol. The maximum atomic E-state index is 13.0.